The SMILES string of the molecule is COC(=O)C(CCSC)NC(=O)C12CCCN1CCC2. The van der Waals surface area contributed by atoms with Crippen LogP contribution in [-0.2, 0) is 14.3 Å². The van der Waals surface area contributed by atoms with E-state index in [1.165, 1.54) is 7.11 Å². The molecule has 1 atom stereocenters. The quantitative estimate of drug-likeness (QED) is 0.742. The summed E-state index contributed by atoms with van der Waals surface area (Å²) >= 11 is 1.67. The van der Waals surface area contributed by atoms with E-state index in [1.54, 1.807) is 11.8 Å². The first-order chi connectivity index (χ1) is 9.64. The molecule has 0 radical (unpaired) electrons. The van der Waals surface area contributed by atoms with Gasteiger partial charge in [0.2, 0.25) is 5.91 Å². The van der Waals surface area contributed by atoms with Crippen molar-refractivity contribution in [2.45, 2.75) is 43.7 Å². The smallest absolute Gasteiger partial charge is 0.328 e. The Balaban J connectivity index is 2.02. The zero-order valence-electron chi connectivity index (χ0n) is 12.3. The number of ether oxygens (including phenoxy) is 1. The Morgan fingerprint density at radius 1 is 1.35 bits per heavy atom. The molecule has 0 bridgehead atoms. The molecule has 1 N–H and O–H groups in total. The van der Waals surface area contributed by atoms with Gasteiger partial charge in [-0.3, -0.25) is 9.69 Å². The standard InChI is InChI=1S/C14H24N2O3S/c1-19-12(17)11(5-10-20-2)15-13(18)14-6-3-8-16(14)9-4-7-14/h11H,3-10H2,1-2H3,(H,15,18). The zero-order valence-corrected chi connectivity index (χ0v) is 13.1. The Morgan fingerprint density at radius 3 is 2.55 bits per heavy atom. The van der Waals surface area contributed by atoms with Crippen LogP contribution < -0.4 is 5.32 Å². The van der Waals surface area contributed by atoms with Gasteiger partial charge in [0.15, 0.2) is 0 Å². The van der Waals surface area contributed by atoms with Gasteiger partial charge in [0, 0.05) is 0 Å². The van der Waals surface area contributed by atoms with Gasteiger partial charge < -0.3 is 10.1 Å². The van der Waals surface area contributed by atoms with E-state index in [0.717, 1.165) is 44.5 Å². The summed E-state index contributed by atoms with van der Waals surface area (Å²) < 4.78 is 4.81. The molecule has 2 rings (SSSR count). The van der Waals surface area contributed by atoms with E-state index in [1.807, 2.05) is 6.26 Å². The number of hydrogen-bond acceptors (Lipinski definition) is 5. The summed E-state index contributed by atoms with van der Waals surface area (Å²) in [7, 11) is 1.37. The summed E-state index contributed by atoms with van der Waals surface area (Å²) in [6.45, 7) is 2.00. The number of esters is 1. The lowest BCUT2D eigenvalue weighted by Crippen LogP contribution is -2.56. The number of nitrogens with zero attached hydrogens (tertiary/aromatic N) is 1. The van der Waals surface area contributed by atoms with Crippen LogP contribution in [0.5, 0.6) is 0 Å². The van der Waals surface area contributed by atoms with Crippen molar-refractivity contribution in [2.24, 2.45) is 0 Å². The largest absolute Gasteiger partial charge is 0.467 e. The molecule has 0 aromatic heterocycles. The molecule has 1 amide bonds. The molecular weight excluding hydrogens is 276 g/mol. The summed E-state index contributed by atoms with van der Waals surface area (Å²) in [6, 6.07) is -0.516. The summed E-state index contributed by atoms with van der Waals surface area (Å²) in [5, 5.41) is 2.94. The summed E-state index contributed by atoms with van der Waals surface area (Å²) in [5.74, 6) is 0.506. The van der Waals surface area contributed by atoms with E-state index in [9.17, 15) is 9.59 Å². The first kappa shape index (κ1) is 15.6. The minimum Gasteiger partial charge on any atom is -0.467 e. The van der Waals surface area contributed by atoms with Gasteiger partial charge in [-0.15, -0.1) is 0 Å². The minimum absolute atomic E-state index is 0.0176. The molecule has 20 heavy (non-hydrogen) atoms. The van der Waals surface area contributed by atoms with Gasteiger partial charge in [0.05, 0.1) is 7.11 Å². The molecule has 0 aliphatic carbocycles. The molecule has 114 valence electrons. The molecule has 2 aliphatic heterocycles. The number of thioether (sulfide) groups is 1. The average Bonchev–Trinajstić information content (AvgIpc) is 3.02. The van der Waals surface area contributed by atoms with Gasteiger partial charge in [-0.05, 0) is 57.2 Å². The average molecular weight is 300 g/mol. The van der Waals surface area contributed by atoms with Crippen molar-refractivity contribution in [3.8, 4) is 0 Å². The van der Waals surface area contributed by atoms with Crippen molar-refractivity contribution in [1.29, 1.82) is 0 Å². The van der Waals surface area contributed by atoms with Crippen molar-refractivity contribution >= 4 is 23.6 Å². The zero-order chi connectivity index (χ0) is 14.6. The van der Waals surface area contributed by atoms with Crippen molar-refractivity contribution in [2.75, 3.05) is 32.2 Å². The van der Waals surface area contributed by atoms with Gasteiger partial charge in [0.25, 0.3) is 0 Å². The third-order valence-electron chi connectivity index (χ3n) is 4.47. The van der Waals surface area contributed by atoms with Crippen LogP contribution in [0, 0.1) is 0 Å². The highest BCUT2D eigenvalue weighted by Gasteiger charge is 2.50. The molecule has 1 unspecified atom stereocenters. The number of carbonyl (C=O) groups excluding carboxylic acids is 2. The molecule has 2 saturated heterocycles. The summed E-state index contributed by atoms with van der Waals surface area (Å²) in [6.07, 6.45) is 6.58. The normalized spacial score (nSPS) is 22.3. The summed E-state index contributed by atoms with van der Waals surface area (Å²) in [5.41, 5.74) is -0.356. The van der Waals surface area contributed by atoms with E-state index in [-0.39, 0.29) is 17.4 Å². The lowest BCUT2D eigenvalue weighted by Gasteiger charge is -2.32. The van der Waals surface area contributed by atoms with Crippen molar-refractivity contribution in [3.05, 3.63) is 0 Å². The number of carbonyl (C=O) groups is 2. The van der Waals surface area contributed by atoms with Crippen LogP contribution in [0.2, 0.25) is 0 Å². The Labute approximate surface area is 124 Å². The maximum Gasteiger partial charge on any atom is 0.328 e. The van der Waals surface area contributed by atoms with Crippen LogP contribution >= 0.6 is 11.8 Å². The number of hydrogen-bond donors (Lipinski definition) is 1. The van der Waals surface area contributed by atoms with Crippen LogP contribution in [0.15, 0.2) is 0 Å². The number of amides is 1. The maximum atomic E-state index is 12.7. The lowest BCUT2D eigenvalue weighted by molar-refractivity contribution is -0.146. The van der Waals surface area contributed by atoms with E-state index in [4.69, 9.17) is 4.74 Å². The highest BCUT2D eigenvalue weighted by atomic mass is 32.2. The molecule has 0 aromatic rings. The van der Waals surface area contributed by atoms with Crippen molar-refractivity contribution < 1.29 is 14.3 Å². The fourth-order valence-electron chi connectivity index (χ4n) is 3.40. The third-order valence-corrected chi connectivity index (χ3v) is 5.11. The number of nitrogens with one attached hydrogen (secondary N) is 1. The number of rotatable bonds is 6. The Hall–Kier alpha value is -0.750. The Morgan fingerprint density at radius 2 is 2.00 bits per heavy atom. The predicted octanol–water partition coefficient (Wildman–Crippen LogP) is 1.03. The third kappa shape index (κ3) is 2.96. The highest BCUT2D eigenvalue weighted by Crippen LogP contribution is 2.39. The topological polar surface area (TPSA) is 58.6 Å². The van der Waals surface area contributed by atoms with Crippen molar-refractivity contribution in [3.63, 3.8) is 0 Å². The first-order valence-corrected chi connectivity index (χ1v) is 8.66. The lowest BCUT2D eigenvalue weighted by atomic mass is 9.92. The van der Waals surface area contributed by atoms with Crippen LogP contribution in [0.25, 0.3) is 0 Å². The molecule has 2 aliphatic rings. The van der Waals surface area contributed by atoms with Crippen LogP contribution in [0.3, 0.4) is 0 Å². The molecule has 6 heteroatoms. The first-order valence-electron chi connectivity index (χ1n) is 7.27. The Kier molecular flexibility index (Phi) is 5.32. The molecule has 0 aromatic carbocycles. The second-order valence-electron chi connectivity index (χ2n) is 5.56. The number of fused-ring (bicyclic) bond motifs is 1. The van der Waals surface area contributed by atoms with E-state index < -0.39 is 6.04 Å². The highest BCUT2D eigenvalue weighted by molar-refractivity contribution is 7.98. The second-order valence-corrected chi connectivity index (χ2v) is 6.54. The molecule has 0 saturated carbocycles. The maximum absolute atomic E-state index is 12.7. The monoisotopic (exact) mass is 300 g/mol. The Bertz CT molecular complexity index is 365. The van der Waals surface area contributed by atoms with Gasteiger partial charge in [-0.25, -0.2) is 4.79 Å². The van der Waals surface area contributed by atoms with Crippen LogP contribution in [0.4, 0.5) is 0 Å². The van der Waals surface area contributed by atoms with E-state index >= 15 is 0 Å². The molecule has 2 heterocycles. The predicted molar refractivity (Wildman–Crippen MR) is 79.7 cm³/mol. The van der Waals surface area contributed by atoms with Gasteiger partial charge in [-0.1, -0.05) is 0 Å². The molecule has 5 nitrogen and oxygen atoms in total. The fourth-order valence-corrected chi connectivity index (χ4v) is 3.87. The van der Waals surface area contributed by atoms with Crippen LogP contribution in [-0.4, -0.2) is 60.6 Å². The van der Waals surface area contributed by atoms with Crippen LogP contribution in [0.1, 0.15) is 32.1 Å². The fraction of sp³-hybridized carbons (Fsp3) is 0.857. The summed E-state index contributed by atoms with van der Waals surface area (Å²) in [4.78, 5) is 26.8. The van der Waals surface area contributed by atoms with Gasteiger partial charge in [0.1, 0.15) is 11.6 Å². The van der Waals surface area contributed by atoms with Crippen molar-refractivity contribution in [1.82, 2.24) is 10.2 Å². The number of methoxy groups -OCH3 is 1. The molecule has 2 fully saturated rings. The van der Waals surface area contributed by atoms with Gasteiger partial charge >= 0.3 is 5.97 Å². The second kappa shape index (κ2) is 6.80. The van der Waals surface area contributed by atoms with E-state index in [0.29, 0.717) is 6.42 Å². The van der Waals surface area contributed by atoms with E-state index in [2.05, 4.69) is 10.2 Å². The van der Waals surface area contributed by atoms with Gasteiger partial charge in [-0.2, -0.15) is 11.8 Å². The molecule has 0 spiro atoms. The minimum atomic E-state index is -0.516. The molecular formula is C14H24N2O3S.